The van der Waals surface area contributed by atoms with Gasteiger partial charge in [0, 0.05) is 7.05 Å². The topological polar surface area (TPSA) is 83.6 Å². The van der Waals surface area contributed by atoms with E-state index in [-0.39, 0.29) is 5.91 Å². The van der Waals surface area contributed by atoms with Gasteiger partial charge in [0.1, 0.15) is 16.2 Å². The summed E-state index contributed by atoms with van der Waals surface area (Å²) >= 11 is 1.25. The van der Waals surface area contributed by atoms with Crippen LogP contribution in [0, 0.1) is 13.8 Å². The predicted molar refractivity (Wildman–Crippen MR) is 94.8 cm³/mol. The first kappa shape index (κ1) is 17.7. The lowest BCUT2D eigenvalue weighted by Crippen LogP contribution is -2.56. The van der Waals surface area contributed by atoms with E-state index in [1.54, 1.807) is 14.0 Å². The average Bonchev–Trinajstić information content (AvgIpc) is 3.19. The molecule has 6 nitrogen and oxygen atoms in total. The molecular weight excluding hydrogens is 340 g/mol. The first-order valence-corrected chi connectivity index (χ1v) is 9.22. The third kappa shape index (κ3) is 3.08. The summed E-state index contributed by atoms with van der Waals surface area (Å²) in [6, 6.07) is 3.67. The molecule has 2 aromatic heterocycles. The van der Waals surface area contributed by atoms with Crippen LogP contribution >= 0.6 is 11.3 Å². The van der Waals surface area contributed by atoms with Crippen molar-refractivity contribution in [3.05, 3.63) is 28.5 Å². The summed E-state index contributed by atoms with van der Waals surface area (Å²) in [6.07, 6.45) is 3.64. The Hall–Kier alpha value is -2.15. The van der Waals surface area contributed by atoms with Gasteiger partial charge in [0.25, 0.3) is 5.91 Å². The molecule has 1 N–H and O–H groups in total. The van der Waals surface area contributed by atoms with Crippen LogP contribution in [0.25, 0.3) is 10.8 Å². The summed E-state index contributed by atoms with van der Waals surface area (Å²) in [7, 11) is 1.59. The Morgan fingerprint density at radius 1 is 1.24 bits per heavy atom. The molecule has 0 atom stereocenters. The quantitative estimate of drug-likeness (QED) is 0.892. The molecule has 1 aliphatic carbocycles. The monoisotopic (exact) mass is 362 g/mol. The molecular formula is C18H22N2O4S. The van der Waals surface area contributed by atoms with Gasteiger partial charge in [-0.25, -0.2) is 9.78 Å². The van der Waals surface area contributed by atoms with Gasteiger partial charge in [-0.1, -0.05) is 19.3 Å². The number of aryl methyl sites for hydroxylation is 2. The van der Waals surface area contributed by atoms with E-state index >= 15 is 0 Å². The number of carbonyl (C=O) groups excluding carboxylic acids is 1. The number of carbonyl (C=O) groups is 2. The van der Waals surface area contributed by atoms with Crippen LogP contribution in [0.5, 0.6) is 0 Å². The second-order valence-electron chi connectivity index (χ2n) is 6.61. The maximum atomic E-state index is 13.0. The summed E-state index contributed by atoms with van der Waals surface area (Å²) in [4.78, 5) is 31.3. The van der Waals surface area contributed by atoms with E-state index in [9.17, 15) is 14.7 Å². The summed E-state index contributed by atoms with van der Waals surface area (Å²) in [5.41, 5.74) is -0.519. The first-order chi connectivity index (χ1) is 11.8. The highest BCUT2D eigenvalue weighted by atomic mass is 32.1. The van der Waals surface area contributed by atoms with Gasteiger partial charge >= 0.3 is 5.97 Å². The van der Waals surface area contributed by atoms with Gasteiger partial charge in [0.15, 0.2) is 10.8 Å². The third-order valence-electron chi connectivity index (χ3n) is 4.97. The van der Waals surface area contributed by atoms with E-state index in [1.165, 1.54) is 16.2 Å². The molecule has 3 rings (SSSR count). The standard InChI is InChI=1S/C18H22N2O4S/c1-11-7-8-13(24-11)15-19-12(2)14(25-15)16(21)20(3)18(17(22)23)9-5-4-6-10-18/h7-8H,4-6,9-10H2,1-3H3,(H,22,23). The molecule has 0 aromatic carbocycles. The van der Waals surface area contributed by atoms with Gasteiger partial charge < -0.3 is 14.4 Å². The number of carboxylic acid groups (broad SMARTS) is 1. The molecule has 0 saturated heterocycles. The molecule has 2 aromatic rings. The van der Waals surface area contributed by atoms with Crippen LogP contribution in [0.15, 0.2) is 16.5 Å². The lowest BCUT2D eigenvalue weighted by Gasteiger charge is -2.40. The first-order valence-electron chi connectivity index (χ1n) is 8.41. The van der Waals surface area contributed by atoms with Crippen molar-refractivity contribution in [3.8, 4) is 10.8 Å². The van der Waals surface area contributed by atoms with Crippen LogP contribution in [0.4, 0.5) is 0 Å². The van der Waals surface area contributed by atoms with Crippen molar-refractivity contribution < 1.29 is 19.1 Å². The predicted octanol–water partition coefficient (Wildman–Crippen LogP) is 3.88. The molecule has 7 heteroatoms. The lowest BCUT2D eigenvalue weighted by molar-refractivity contribution is -0.151. The molecule has 1 saturated carbocycles. The molecule has 1 aliphatic rings. The maximum Gasteiger partial charge on any atom is 0.329 e. The molecule has 25 heavy (non-hydrogen) atoms. The van der Waals surface area contributed by atoms with Crippen molar-refractivity contribution >= 4 is 23.2 Å². The maximum absolute atomic E-state index is 13.0. The van der Waals surface area contributed by atoms with Gasteiger partial charge in [0.05, 0.1) is 5.69 Å². The van der Waals surface area contributed by atoms with Gasteiger partial charge in [0.2, 0.25) is 0 Å². The minimum Gasteiger partial charge on any atom is -0.479 e. The fourth-order valence-electron chi connectivity index (χ4n) is 3.43. The molecule has 1 amide bonds. The van der Waals surface area contributed by atoms with Gasteiger partial charge in [-0.2, -0.15) is 0 Å². The molecule has 2 heterocycles. The molecule has 1 fully saturated rings. The molecule has 134 valence electrons. The van der Waals surface area contributed by atoms with E-state index in [0.29, 0.717) is 34.2 Å². The fraction of sp³-hybridized carbons (Fsp3) is 0.500. The van der Waals surface area contributed by atoms with Crippen LogP contribution in [0.3, 0.4) is 0 Å². The van der Waals surface area contributed by atoms with E-state index in [1.807, 2.05) is 19.1 Å². The number of hydrogen-bond donors (Lipinski definition) is 1. The Morgan fingerprint density at radius 2 is 1.92 bits per heavy atom. The lowest BCUT2D eigenvalue weighted by atomic mass is 9.80. The minimum atomic E-state index is -1.12. The van der Waals surface area contributed by atoms with Crippen LogP contribution in [0.1, 0.15) is 53.2 Å². The number of hydrogen-bond acceptors (Lipinski definition) is 5. The van der Waals surface area contributed by atoms with Crippen LogP contribution in [0.2, 0.25) is 0 Å². The Labute approximate surface area is 150 Å². The van der Waals surface area contributed by atoms with Crippen molar-refractivity contribution in [2.75, 3.05) is 7.05 Å². The van der Waals surface area contributed by atoms with Gasteiger partial charge in [-0.15, -0.1) is 11.3 Å². The largest absolute Gasteiger partial charge is 0.479 e. The normalized spacial score (nSPS) is 16.6. The van der Waals surface area contributed by atoms with Crippen molar-refractivity contribution in [1.29, 1.82) is 0 Å². The number of rotatable bonds is 4. The van der Waals surface area contributed by atoms with Crippen molar-refractivity contribution in [2.24, 2.45) is 0 Å². The minimum absolute atomic E-state index is 0.283. The number of carboxylic acids is 1. The van der Waals surface area contributed by atoms with Crippen molar-refractivity contribution in [1.82, 2.24) is 9.88 Å². The second-order valence-corrected chi connectivity index (χ2v) is 7.60. The molecule has 0 spiro atoms. The van der Waals surface area contributed by atoms with Crippen LogP contribution < -0.4 is 0 Å². The van der Waals surface area contributed by atoms with Crippen LogP contribution in [-0.2, 0) is 4.79 Å². The molecule has 0 bridgehead atoms. The number of furan rings is 1. The second kappa shape index (κ2) is 6.63. The molecule has 0 aliphatic heterocycles. The fourth-order valence-corrected chi connectivity index (χ4v) is 4.43. The number of aliphatic carboxylic acids is 1. The SMILES string of the molecule is Cc1ccc(-c2nc(C)c(C(=O)N(C)C3(C(=O)O)CCCCC3)s2)o1. The Bertz CT molecular complexity index is 802. The van der Waals surface area contributed by atoms with E-state index < -0.39 is 11.5 Å². The van der Waals surface area contributed by atoms with Crippen molar-refractivity contribution in [3.63, 3.8) is 0 Å². The summed E-state index contributed by atoms with van der Waals surface area (Å²) in [6.45, 7) is 3.62. The Balaban J connectivity index is 1.92. The molecule has 0 radical (unpaired) electrons. The molecule has 0 unspecified atom stereocenters. The number of aromatic nitrogens is 1. The average molecular weight is 362 g/mol. The van der Waals surface area contributed by atoms with E-state index in [4.69, 9.17) is 4.42 Å². The van der Waals surface area contributed by atoms with Gasteiger partial charge in [-0.05, 0) is 38.8 Å². The zero-order chi connectivity index (χ0) is 18.2. The third-order valence-corrected chi connectivity index (χ3v) is 6.13. The highest BCUT2D eigenvalue weighted by molar-refractivity contribution is 7.17. The number of likely N-dealkylation sites (N-methyl/N-ethyl adjacent to an activating group) is 1. The van der Waals surface area contributed by atoms with E-state index in [2.05, 4.69) is 4.98 Å². The highest BCUT2D eigenvalue weighted by Gasteiger charge is 2.46. The smallest absolute Gasteiger partial charge is 0.329 e. The van der Waals surface area contributed by atoms with E-state index in [0.717, 1.165) is 25.0 Å². The zero-order valence-corrected chi connectivity index (χ0v) is 15.5. The van der Waals surface area contributed by atoms with Gasteiger partial charge in [-0.3, -0.25) is 4.79 Å². The number of thiazole rings is 1. The summed E-state index contributed by atoms with van der Waals surface area (Å²) in [5, 5.41) is 10.4. The summed E-state index contributed by atoms with van der Waals surface area (Å²) < 4.78 is 5.58. The Morgan fingerprint density at radius 3 is 2.48 bits per heavy atom. The highest BCUT2D eigenvalue weighted by Crippen LogP contribution is 2.36. The number of nitrogens with zero attached hydrogens (tertiary/aromatic N) is 2. The van der Waals surface area contributed by atoms with Crippen molar-refractivity contribution in [2.45, 2.75) is 51.5 Å². The zero-order valence-electron chi connectivity index (χ0n) is 14.7. The number of amides is 1. The summed E-state index contributed by atoms with van der Waals surface area (Å²) in [5.74, 6) is 0.193. The Kier molecular flexibility index (Phi) is 4.69. The van der Waals surface area contributed by atoms with Crippen LogP contribution in [-0.4, -0.2) is 39.5 Å².